The summed E-state index contributed by atoms with van der Waals surface area (Å²) >= 11 is 5.82. The summed E-state index contributed by atoms with van der Waals surface area (Å²) in [6.07, 6.45) is 3.63. The second-order valence-electron chi connectivity index (χ2n) is 4.88. The third-order valence-corrected chi connectivity index (χ3v) is 3.67. The topological polar surface area (TPSA) is 65.5 Å². The lowest BCUT2D eigenvalue weighted by Crippen LogP contribution is -2.40. The molecule has 1 aromatic heterocycles. The Bertz CT molecular complexity index is 467. The highest BCUT2D eigenvalue weighted by atomic mass is 35.5. The molecule has 1 aliphatic rings. The number of nitrogens with one attached hydrogen (secondary N) is 1. The molecule has 0 radical (unpaired) electrons. The number of hydrogen-bond donors (Lipinski definition) is 2. The number of rotatable bonds is 4. The van der Waals surface area contributed by atoms with E-state index in [2.05, 4.69) is 22.2 Å². The monoisotopic (exact) mass is 283 g/mol. The van der Waals surface area contributed by atoms with Crippen LogP contribution in [-0.4, -0.2) is 47.1 Å². The average Bonchev–Trinajstić information content (AvgIpc) is 2.37. The van der Waals surface area contributed by atoms with Gasteiger partial charge >= 0.3 is 5.97 Å². The number of anilines is 1. The zero-order chi connectivity index (χ0) is 13.8. The highest BCUT2D eigenvalue weighted by Crippen LogP contribution is 2.18. The zero-order valence-electron chi connectivity index (χ0n) is 10.9. The van der Waals surface area contributed by atoms with Crippen molar-refractivity contribution in [1.82, 2.24) is 9.88 Å². The van der Waals surface area contributed by atoms with Crippen LogP contribution < -0.4 is 5.32 Å². The molecule has 0 saturated carbocycles. The van der Waals surface area contributed by atoms with Crippen molar-refractivity contribution in [2.45, 2.75) is 25.3 Å². The predicted molar refractivity (Wildman–Crippen MR) is 75.0 cm³/mol. The Kier molecular flexibility index (Phi) is 4.61. The molecule has 2 heterocycles. The minimum absolute atomic E-state index is 0.152. The number of piperidine rings is 1. The van der Waals surface area contributed by atoms with Gasteiger partial charge in [0, 0.05) is 12.6 Å². The van der Waals surface area contributed by atoms with Crippen LogP contribution in [0.3, 0.4) is 0 Å². The average molecular weight is 284 g/mol. The Morgan fingerprint density at radius 2 is 2.37 bits per heavy atom. The molecular formula is C13H18ClN3O2. The van der Waals surface area contributed by atoms with Gasteiger partial charge in [-0.25, -0.2) is 9.78 Å². The van der Waals surface area contributed by atoms with E-state index in [0.29, 0.717) is 11.9 Å². The molecule has 1 atom stereocenters. The summed E-state index contributed by atoms with van der Waals surface area (Å²) < 4.78 is 0. The normalized spacial score (nSPS) is 20.2. The number of carboxylic acids is 1. The number of carboxylic acid groups (broad SMARTS) is 1. The Morgan fingerprint density at radius 3 is 3.05 bits per heavy atom. The quantitative estimate of drug-likeness (QED) is 0.830. The van der Waals surface area contributed by atoms with Crippen LogP contribution in [0.25, 0.3) is 0 Å². The SMILES string of the molecule is CN1CCCCC1CNc1cc(C(=O)O)cc(Cl)n1. The van der Waals surface area contributed by atoms with Crippen molar-refractivity contribution < 1.29 is 9.90 Å². The highest BCUT2D eigenvalue weighted by molar-refractivity contribution is 6.29. The van der Waals surface area contributed by atoms with Crippen molar-refractivity contribution in [3.8, 4) is 0 Å². The van der Waals surface area contributed by atoms with Gasteiger partial charge in [0.25, 0.3) is 0 Å². The van der Waals surface area contributed by atoms with Crippen molar-refractivity contribution in [3.05, 3.63) is 22.8 Å². The lowest BCUT2D eigenvalue weighted by atomic mass is 10.0. The molecule has 104 valence electrons. The number of pyridine rings is 1. The van der Waals surface area contributed by atoms with E-state index in [9.17, 15) is 4.79 Å². The fourth-order valence-electron chi connectivity index (χ4n) is 2.34. The van der Waals surface area contributed by atoms with Crippen LogP contribution in [-0.2, 0) is 0 Å². The van der Waals surface area contributed by atoms with Crippen molar-refractivity contribution >= 4 is 23.4 Å². The zero-order valence-corrected chi connectivity index (χ0v) is 11.7. The van der Waals surface area contributed by atoms with Crippen LogP contribution in [0.5, 0.6) is 0 Å². The van der Waals surface area contributed by atoms with Gasteiger partial charge in [0.1, 0.15) is 11.0 Å². The molecule has 5 nitrogen and oxygen atoms in total. The molecule has 0 aromatic carbocycles. The molecule has 2 N–H and O–H groups in total. The summed E-state index contributed by atoms with van der Waals surface area (Å²) in [7, 11) is 2.11. The van der Waals surface area contributed by atoms with E-state index >= 15 is 0 Å². The molecule has 0 aliphatic carbocycles. The molecular weight excluding hydrogens is 266 g/mol. The summed E-state index contributed by atoms with van der Waals surface area (Å²) in [6.45, 7) is 1.86. The first kappa shape index (κ1) is 14.1. The fraction of sp³-hybridized carbons (Fsp3) is 0.538. The van der Waals surface area contributed by atoms with Crippen LogP contribution >= 0.6 is 11.6 Å². The molecule has 19 heavy (non-hydrogen) atoms. The number of aromatic carboxylic acids is 1. The van der Waals surface area contributed by atoms with E-state index in [1.54, 1.807) is 0 Å². The van der Waals surface area contributed by atoms with Gasteiger partial charge < -0.3 is 15.3 Å². The fourth-order valence-corrected chi connectivity index (χ4v) is 2.54. The second kappa shape index (κ2) is 6.21. The van der Waals surface area contributed by atoms with Gasteiger partial charge in [-0.3, -0.25) is 0 Å². The standard InChI is InChI=1S/C13H18ClN3O2/c1-17-5-3-2-4-10(17)8-15-12-7-9(13(18)19)6-11(14)16-12/h6-7,10H,2-5,8H2,1H3,(H,15,16)(H,18,19). The molecule has 2 rings (SSSR count). The largest absolute Gasteiger partial charge is 0.478 e. The van der Waals surface area contributed by atoms with Gasteiger partial charge in [-0.05, 0) is 38.6 Å². The van der Waals surface area contributed by atoms with Crippen LogP contribution in [0, 0.1) is 0 Å². The maximum atomic E-state index is 10.9. The number of hydrogen-bond acceptors (Lipinski definition) is 4. The Hall–Kier alpha value is -1.33. The summed E-state index contributed by atoms with van der Waals surface area (Å²) in [4.78, 5) is 17.4. The summed E-state index contributed by atoms with van der Waals surface area (Å²) in [5, 5.41) is 12.3. The van der Waals surface area contributed by atoms with Gasteiger partial charge in [0.2, 0.25) is 0 Å². The number of likely N-dealkylation sites (N-methyl/N-ethyl adjacent to an activating group) is 1. The lowest BCUT2D eigenvalue weighted by molar-refractivity contribution is 0.0697. The first-order valence-corrected chi connectivity index (χ1v) is 6.79. The van der Waals surface area contributed by atoms with Crippen molar-refractivity contribution in [2.24, 2.45) is 0 Å². The van der Waals surface area contributed by atoms with Gasteiger partial charge in [-0.15, -0.1) is 0 Å². The van der Waals surface area contributed by atoms with E-state index < -0.39 is 5.97 Å². The number of nitrogens with zero attached hydrogens (tertiary/aromatic N) is 2. The van der Waals surface area contributed by atoms with Crippen LogP contribution in [0.2, 0.25) is 5.15 Å². The van der Waals surface area contributed by atoms with E-state index in [1.165, 1.54) is 25.0 Å². The third kappa shape index (κ3) is 3.81. The second-order valence-corrected chi connectivity index (χ2v) is 5.27. The third-order valence-electron chi connectivity index (χ3n) is 3.48. The molecule has 0 spiro atoms. The van der Waals surface area contributed by atoms with E-state index in [4.69, 9.17) is 16.7 Å². The van der Waals surface area contributed by atoms with Crippen molar-refractivity contribution in [2.75, 3.05) is 25.5 Å². The van der Waals surface area contributed by atoms with Gasteiger partial charge in [0.05, 0.1) is 5.56 Å². The van der Waals surface area contributed by atoms with Gasteiger partial charge in [-0.1, -0.05) is 18.0 Å². The maximum absolute atomic E-state index is 10.9. The minimum Gasteiger partial charge on any atom is -0.478 e. The molecule has 1 fully saturated rings. The Morgan fingerprint density at radius 1 is 1.58 bits per heavy atom. The summed E-state index contributed by atoms with van der Waals surface area (Å²) in [5.41, 5.74) is 0.152. The molecule has 1 saturated heterocycles. The van der Waals surface area contributed by atoms with E-state index in [0.717, 1.165) is 19.5 Å². The predicted octanol–water partition coefficient (Wildman–Crippen LogP) is 2.33. The Labute approximate surface area is 117 Å². The van der Waals surface area contributed by atoms with Crippen molar-refractivity contribution in [1.29, 1.82) is 0 Å². The number of halogens is 1. The minimum atomic E-state index is -0.998. The van der Waals surface area contributed by atoms with Crippen molar-refractivity contribution in [3.63, 3.8) is 0 Å². The Balaban J connectivity index is 2.00. The maximum Gasteiger partial charge on any atom is 0.335 e. The lowest BCUT2D eigenvalue weighted by Gasteiger charge is -2.32. The van der Waals surface area contributed by atoms with Crippen LogP contribution in [0.15, 0.2) is 12.1 Å². The molecule has 0 bridgehead atoms. The number of aromatic nitrogens is 1. The highest BCUT2D eigenvalue weighted by Gasteiger charge is 2.18. The van der Waals surface area contributed by atoms with E-state index in [-0.39, 0.29) is 10.7 Å². The molecule has 1 aliphatic heterocycles. The van der Waals surface area contributed by atoms with Crippen LogP contribution in [0.1, 0.15) is 29.6 Å². The molecule has 0 amide bonds. The van der Waals surface area contributed by atoms with Gasteiger partial charge in [0.15, 0.2) is 0 Å². The van der Waals surface area contributed by atoms with Crippen LogP contribution in [0.4, 0.5) is 5.82 Å². The number of carbonyl (C=O) groups is 1. The first-order valence-electron chi connectivity index (χ1n) is 6.41. The summed E-state index contributed by atoms with van der Waals surface area (Å²) in [6, 6.07) is 3.32. The summed E-state index contributed by atoms with van der Waals surface area (Å²) in [5.74, 6) is -0.481. The molecule has 6 heteroatoms. The molecule has 1 unspecified atom stereocenters. The molecule has 1 aromatic rings. The van der Waals surface area contributed by atoms with E-state index in [1.807, 2.05) is 0 Å². The number of likely N-dealkylation sites (tertiary alicyclic amines) is 1. The first-order chi connectivity index (χ1) is 9.06. The smallest absolute Gasteiger partial charge is 0.335 e. The van der Waals surface area contributed by atoms with Gasteiger partial charge in [-0.2, -0.15) is 0 Å².